The van der Waals surface area contributed by atoms with Crippen LogP contribution in [0.1, 0.15) is 50.7 Å². The molecule has 0 spiro atoms. The highest BCUT2D eigenvalue weighted by molar-refractivity contribution is 7.73. The molecule has 0 heterocycles. The second-order valence-electron chi connectivity index (χ2n) is 8.26. The molecule has 0 aliphatic carbocycles. The fourth-order valence-electron chi connectivity index (χ4n) is 3.03. The predicted octanol–water partition coefficient (Wildman–Crippen LogP) is 4.42. The van der Waals surface area contributed by atoms with Crippen LogP contribution in [0.25, 0.3) is 0 Å². The molecule has 0 aliphatic heterocycles. The Morgan fingerprint density at radius 2 is 1.66 bits per heavy atom. The van der Waals surface area contributed by atoms with Gasteiger partial charge in [-0.15, -0.1) is 0 Å². The topological polar surface area (TPSA) is 64.6 Å². The molecule has 164 valence electrons. The monoisotopic (exact) mass is 424 g/mol. The number of aryl methyl sites for hydroxylation is 1. The van der Waals surface area contributed by atoms with Gasteiger partial charge < -0.3 is 14.8 Å². The van der Waals surface area contributed by atoms with Crippen molar-refractivity contribution in [3.8, 4) is 0 Å². The van der Waals surface area contributed by atoms with Gasteiger partial charge in [0.15, 0.2) is 0 Å². The second kappa shape index (κ2) is 13.7. The van der Waals surface area contributed by atoms with Crippen LogP contribution in [0.5, 0.6) is 0 Å². The average molecular weight is 425 g/mol. The highest BCUT2D eigenvalue weighted by atomic mass is 31.2. The van der Waals surface area contributed by atoms with E-state index in [0.29, 0.717) is 19.8 Å². The van der Waals surface area contributed by atoms with E-state index in [2.05, 4.69) is 49.8 Å². The minimum absolute atomic E-state index is 0.0183. The summed E-state index contributed by atoms with van der Waals surface area (Å²) in [4.78, 5) is 24.2. The van der Waals surface area contributed by atoms with E-state index in [1.165, 1.54) is 11.1 Å². The van der Waals surface area contributed by atoms with Crippen molar-refractivity contribution in [1.29, 1.82) is 0 Å². The first-order chi connectivity index (χ1) is 13.8. The molecule has 1 atom stereocenters. The summed E-state index contributed by atoms with van der Waals surface area (Å²) in [6.07, 6.45) is 4.77. The van der Waals surface area contributed by atoms with Crippen LogP contribution in [-0.4, -0.2) is 57.2 Å². The van der Waals surface area contributed by atoms with E-state index in [4.69, 9.17) is 9.47 Å². The molecule has 6 heteroatoms. The molecule has 5 nitrogen and oxygen atoms in total. The summed E-state index contributed by atoms with van der Waals surface area (Å²) in [6.45, 7) is 12.2. The summed E-state index contributed by atoms with van der Waals surface area (Å²) in [5, 5.41) is 3.22. The summed E-state index contributed by atoms with van der Waals surface area (Å²) in [5.41, 5.74) is 2.68. The zero-order chi connectivity index (χ0) is 21.7. The van der Waals surface area contributed by atoms with E-state index < -0.39 is 13.3 Å². The van der Waals surface area contributed by atoms with Gasteiger partial charge in [0.1, 0.15) is 6.04 Å². The molecule has 0 fully saturated rings. The van der Waals surface area contributed by atoms with Gasteiger partial charge in [-0.2, -0.15) is 0 Å². The molecule has 0 aromatic heterocycles. The Kier molecular flexibility index (Phi) is 12.1. The standard InChI is InChI=1S/C23H39NO4P/c1-6-14-27-22(25)17-21(23(26)28-15-7-2)24-13-8-16-29(4,5)18-20-11-9-19(3)10-12-20/h9-12,21,24H,6-8,13-18H2,1-5H3/q+1. The Hall–Kier alpha value is -1.45. The van der Waals surface area contributed by atoms with Crippen molar-refractivity contribution >= 4 is 19.2 Å². The first-order valence-corrected chi connectivity index (χ1v) is 13.8. The van der Waals surface area contributed by atoms with Crippen LogP contribution in [0, 0.1) is 6.92 Å². The van der Waals surface area contributed by atoms with E-state index in [1.807, 2.05) is 13.8 Å². The number of benzene rings is 1. The fraction of sp³-hybridized carbons (Fsp3) is 0.652. The highest BCUT2D eigenvalue weighted by Gasteiger charge is 2.27. The van der Waals surface area contributed by atoms with Crippen molar-refractivity contribution in [2.45, 2.75) is 58.7 Å². The summed E-state index contributed by atoms with van der Waals surface area (Å²) >= 11 is 0. The quantitative estimate of drug-likeness (QED) is 0.272. The molecule has 1 N–H and O–H groups in total. The number of nitrogens with one attached hydrogen (secondary N) is 1. The molecule has 0 saturated heterocycles. The number of carbonyl (C=O) groups excluding carboxylic acids is 2. The summed E-state index contributed by atoms with van der Waals surface area (Å²) in [5.74, 6) is -0.723. The lowest BCUT2D eigenvalue weighted by molar-refractivity contribution is -0.152. The smallest absolute Gasteiger partial charge is 0.323 e. The number of hydrogen-bond acceptors (Lipinski definition) is 5. The first-order valence-electron chi connectivity index (χ1n) is 10.7. The number of rotatable bonds is 14. The largest absolute Gasteiger partial charge is 0.466 e. The third kappa shape index (κ3) is 11.3. The summed E-state index contributed by atoms with van der Waals surface area (Å²) in [7, 11) is -1.07. The molecular weight excluding hydrogens is 385 g/mol. The van der Waals surface area contributed by atoms with Crippen molar-refractivity contribution in [1.82, 2.24) is 5.32 Å². The van der Waals surface area contributed by atoms with E-state index in [9.17, 15) is 9.59 Å². The Balaban J connectivity index is 2.49. The third-order valence-corrected chi connectivity index (χ3v) is 7.38. The van der Waals surface area contributed by atoms with Crippen molar-refractivity contribution in [2.75, 3.05) is 39.3 Å². The lowest BCUT2D eigenvalue weighted by atomic mass is 10.2. The summed E-state index contributed by atoms with van der Waals surface area (Å²) < 4.78 is 10.4. The van der Waals surface area contributed by atoms with Crippen molar-refractivity contribution in [3.63, 3.8) is 0 Å². The van der Waals surface area contributed by atoms with Crippen molar-refractivity contribution < 1.29 is 19.1 Å². The van der Waals surface area contributed by atoms with Crippen LogP contribution >= 0.6 is 7.26 Å². The maximum absolute atomic E-state index is 12.3. The first kappa shape index (κ1) is 25.6. The van der Waals surface area contributed by atoms with Crippen LogP contribution in [0.4, 0.5) is 0 Å². The Morgan fingerprint density at radius 1 is 1.03 bits per heavy atom. The van der Waals surface area contributed by atoms with Crippen molar-refractivity contribution in [2.24, 2.45) is 0 Å². The minimum atomic E-state index is -1.07. The molecule has 1 aromatic carbocycles. The molecule has 0 bridgehead atoms. The molecule has 0 aliphatic rings. The maximum atomic E-state index is 12.3. The Morgan fingerprint density at radius 3 is 2.28 bits per heavy atom. The predicted molar refractivity (Wildman–Crippen MR) is 122 cm³/mol. The molecular formula is C23H39NO4P+. The van der Waals surface area contributed by atoms with Crippen LogP contribution in [-0.2, 0) is 25.2 Å². The van der Waals surface area contributed by atoms with Gasteiger partial charge in [0, 0.05) is 20.6 Å². The molecule has 0 saturated carbocycles. The number of ether oxygens (including phenoxy) is 2. The molecule has 29 heavy (non-hydrogen) atoms. The number of carbonyl (C=O) groups is 2. The van der Waals surface area contributed by atoms with Gasteiger partial charge >= 0.3 is 11.9 Å². The zero-order valence-corrected chi connectivity index (χ0v) is 19.7. The third-order valence-electron chi connectivity index (χ3n) is 4.63. The normalized spacial score (nSPS) is 12.4. The molecule has 1 unspecified atom stereocenters. The Bertz CT molecular complexity index is 616. The molecule has 1 aromatic rings. The van der Waals surface area contributed by atoms with Gasteiger partial charge in [-0.3, -0.25) is 9.59 Å². The van der Waals surface area contributed by atoms with Crippen LogP contribution in [0.3, 0.4) is 0 Å². The Labute approximate surface area is 177 Å². The van der Waals surface area contributed by atoms with E-state index in [1.54, 1.807) is 0 Å². The van der Waals surface area contributed by atoms with E-state index in [0.717, 1.165) is 31.6 Å². The average Bonchev–Trinajstić information content (AvgIpc) is 2.68. The number of esters is 2. The van der Waals surface area contributed by atoms with Gasteiger partial charge in [-0.1, -0.05) is 43.7 Å². The zero-order valence-electron chi connectivity index (χ0n) is 18.8. The van der Waals surface area contributed by atoms with Gasteiger partial charge in [-0.25, -0.2) is 0 Å². The highest BCUT2D eigenvalue weighted by Crippen LogP contribution is 2.54. The van der Waals surface area contributed by atoms with Crippen LogP contribution in [0.2, 0.25) is 0 Å². The summed E-state index contributed by atoms with van der Waals surface area (Å²) in [6, 6.07) is 8.14. The van der Waals surface area contributed by atoms with Crippen molar-refractivity contribution in [3.05, 3.63) is 35.4 Å². The van der Waals surface area contributed by atoms with Gasteiger partial charge in [0.2, 0.25) is 0 Å². The molecule has 0 radical (unpaired) electrons. The van der Waals surface area contributed by atoms with Crippen LogP contribution in [0.15, 0.2) is 24.3 Å². The number of hydrogen-bond donors (Lipinski definition) is 1. The van der Waals surface area contributed by atoms with Crippen LogP contribution < -0.4 is 5.32 Å². The SMILES string of the molecule is CCCOC(=O)CC(NCCC[P+](C)(C)Cc1ccc(C)cc1)C(=O)OCCC. The lowest BCUT2D eigenvalue weighted by Crippen LogP contribution is -2.41. The fourth-order valence-corrected chi connectivity index (χ4v) is 5.41. The van der Waals surface area contributed by atoms with Gasteiger partial charge in [-0.05, 0) is 38.3 Å². The maximum Gasteiger partial charge on any atom is 0.323 e. The van der Waals surface area contributed by atoms with E-state index in [-0.39, 0.29) is 18.4 Å². The molecule has 0 amide bonds. The lowest BCUT2D eigenvalue weighted by Gasteiger charge is -2.20. The van der Waals surface area contributed by atoms with Gasteiger partial charge in [0.05, 0.1) is 32.0 Å². The minimum Gasteiger partial charge on any atom is -0.466 e. The van der Waals surface area contributed by atoms with Gasteiger partial charge in [0.25, 0.3) is 0 Å². The molecule has 1 rings (SSSR count). The second-order valence-corrected chi connectivity index (χ2v) is 12.9. The van der Waals surface area contributed by atoms with E-state index >= 15 is 0 Å².